The van der Waals surface area contributed by atoms with Crippen molar-refractivity contribution in [2.45, 2.75) is 19.4 Å². The minimum atomic E-state index is 0.204. The van der Waals surface area contributed by atoms with E-state index in [0.717, 1.165) is 33.9 Å². The molecule has 2 nitrogen and oxygen atoms in total. The molecule has 0 saturated carbocycles. The van der Waals surface area contributed by atoms with E-state index in [0.29, 0.717) is 6.42 Å². The van der Waals surface area contributed by atoms with Gasteiger partial charge in [-0.15, -0.1) is 11.3 Å². The Balaban J connectivity index is 1.73. The molecule has 0 N–H and O–H groups in total. The Labute approximate surface area is 142 Å². The Hall–Kier alpha value is -0.680. The zero-order chi connectivity index (χ0) is 15.2. The number of thiophene rings is 1. The number of ketones is 1. The third-order valence-corrected chi connectivity index (χ3v) is 4.91. The molecule has 0 aliphatic heterocycles. The molecule has 0 aliphatic rings. The molecule has 0 fully saturated rings. The summed E-state index contributed by atoms with van der Waals surface area (Å²) in [6, 6.07) is 11.5. The van der Waals surface area contributed by atoms with Gasteiger partial charge in [0.1, 0.15) is 0 Å². The van der Waals surface area contributed by atoms with E-state index in [4.69, 9.17) is 11.6 Å². The van der Waals surface area contributed by atoms with Crippen LogP contribution in [0.1, 0.15) is 28.1 Å². The van der Waals surface area contributed by atoms with E-state index in [2.05, 4.69) is 33.9 Å². The topological polar surface area (TPSA) is 20.3 Å². The lowest BCUT2D eigenvalue weighted by Crippen LogP contribution is -2.19. The van der Waals surface area contributed by atoms with Crippen molar-refractivity contribution in [2.75, 3.05) is 13.6 Å². The fraction of sp³-hybridized carbons (Fsp3) is 0.312. The number of carbonyl (C=O) groups is 1. The van der Waals surface area contributed by atoms with Gasteiger partial charge in [-0.05, 0) is 44.3 Å². The first-order chi connectivity index (χ1) is 10.0. The molecule has 0 spiro atoms. The normalized spacial score (nSPS) is 11.0. The summed E-state index contributed by atoms with van der Waals surface area (Å²) in [6.07, 6.45) is 1.45. The highest BCUT2D eigenvalue weighted by Crippen LogP contribution is 2.22. The second kappa shape index (κ2) is 8.08. The molecule has 5 heteroatoms. The van der Waals surface area contributed by atoms with Crippen molar-refractivity contribution in [1.29, 1.82) is 0 Å². The number of Topliss-reactive ketones (excluding diaryl/α,β-unsaturated/α-hetero) is 1. The maximum absolute atomic E-state index is 12.0. The SMILES string of the molecule is CN(CCCC(=O)c1ccc(Br)cc1)Cc1ccc(Cl)s1. The van der Waals surface area contributed by atoms with Crippen molar-refractivity contribution in [3.05, 3.63) is 55.6 Å². The largest absolute Gasteiger partial charge is 0.301 e. The van der Waals surface area contributed by atoms with E-state index < -0.39 is 0 Å². The summed E-state index contributed by atoms with van der Waals surface area (Å²) >= 11 is 10.9. The molecule has 0 amide bonds. The number of hydrogen-bond acceptors (Lipinski definition) is 3. The van der Waals surface area contributed by atoms with E-state index in [1.807, 2.05) is 30.3 Å². The summed E-state index contributed by atoms with van der Waals surface area (Å²) in [5.74, 6) is 0.204. The minimum absolute atomic E-state index is 0.204. The van der Waals surface area contributed by atoms with Gasteiger partial charge in [0.2, 0.25) is 0 Å². The molecule has 0 saturated heterocycles. The summed E-state index contributed by atoms with van der Waals surface area (Å²) in [4.78, 5) is 15.5. The molecule has 0 bridgehead atoms. The average Bonchev–Trinajstić information content (AvgIpc) is 2.84. The maximum atomic E-state index is 12.0. The van der Waals surface area contributed by atoms with Crippen LogP contribution in [-0.2, 0) is 6.54 Å². The van der Waals surface area contributed by atoms with Crippen LogP contribution in [0.25, 0.3) is 0 Å². The molecule has 0 atom stereocenters. The van der Waals surface area contributed by atoms with E-state index in [1.54, 1.807) is 11.3 Å². The van der Waals surface area contributed by atoms with Crippen LogP contribution in [0.3, 0.4) is 0 Å². The van der Waals surface area contributed by atoms with Crippen molar-refractivity contribution in [3.8, 4) is 0 Å². The molecule has 1 aromatic carbocycles. The predicted molar refractivity (Wildman–Crippen MR) is 93.4 cm³/mol. The highest BCUT2D eigenvalue weighted by atomic mass is 79.9. The standard InChI is InChI=1S/C16H17BrClNOS/c1-19(11-14-8-9-16(18)21-14)10-2-3-15(20)12-4-6-13(17)7-5-12/h4-9H,2-3,10-11H2,1H3. The molecular formula is C16H17BrClNOS. The molecule has 0 aliphatic carbocycles. The van der Waals surface area contributed by atoms with Gasteiger partial charge in [0.05, 0.1) is 4.34 Å². The van der Waals surface area contributed by atoms with Crippen LogP contribution in [0.15, 0.2) is 40.9 Å². The van der Waals surface area contributed by atoms with E-state index >= 15 is 0 Å². The monoisotopic (exact) mass is 385 g/mol. The van der Waals surface area contributed by atoms with Gasteiger partial charge in [-0.3, -0.25) is 4.79 Å². The Kier molecular flexibility index (Phi) is 6.42. The molecule has 21 heavy (non-hydrogen) atoms. The fourth-order valence-electron chi connectivity index (χ4n) is 2.07. The number of hydrogen-bond donors (Lipinski definition) is 0. The zero-order valence-corrected chi connectivity index (χ0v) is 15.0. The van der Waals surface area contributed by atoms with Gasteiger partial charge in [-0.2, -0.15) is 0 Å². The van der Waals surface area contributed by atoms with Crippen molar-refractivity contribution in [2.24, 2.45) is 0 Å². The quantitative estimate of drug-likeness (QED) is 0.605. The predicted octanol–water partition coefficient (Wildman–Crippen LogP) is 5.26. The first-order valence-electron chi connectivity index (χ1n) is 6.76. The lowest BCUT2D eigenvalue weighted by molar-refractivity contribution is 0.0976. The second-order valence-corrected chi connectivity index (χ2v) is 7.69. The number of benzene rings is 1. The third kappa shape index (κ3) is 5.55. The Morgan fingerprint density at radius 2 is 1.95 bits per heavy atom. The fourth-order valence-corrected chi connectivity index (χ4v) is 3.50. The molecule has 1 aromatic heterocycles. The van der Waals surface area contributed by atoms with Crippen LogP contribution in [0.4, 0.5) is 0 Å². The van der Waals surface area contributed by atoms with Gasteiger partial charge in [0.25, 0.3) is 0 Å². The summed E-state index contributed by atoms with van der Waals surface area (Å²) in [5, 5.41) is 0. The second-order valence-electron chi connectivity index (χ2n) is 4.98. The van der Waals surface area contributed by atoms with Crippen molar-refractivity contribution < 1.29 is 4.79 Å². The van der Waals surface area contributed by atoms with Crippen molar-refractivity contribution >= 4 is 44.7 Å². The van der Waals surface area contributed by atoms with Crippen LogP contribution in [0, 0.1) is 0 Å². The van der Waals surface area contributed by atoms with Gasteiger partial charge in [-0.1, -0.05) is 39.7 Å². The first-order valence-corrected chi connectivity index (χ1v) is 8.75. The lowest BCUT2D eigenvalue weighted by Gasteiger charge is -2.15. The van der Waals surface area contributed by atoms with Gasteiger partial charge in [-0.25, -0.2) is 0 Å². The van der Waals surface area contributed by atoms with Crippen molar-refractivity contribution in [3.63, 3.8) is 0 Å². The van der Waals surface area contributed by atoms with Crippen LogP contribution in [-0.4, -0.2) is 24.3 Å². The van der Waals surface area contributed by atoms with Gasteiger partial charge in [0.15, 0.2) is 5.78 Å². The Bertz CT molecular complexity index is 597. The number of rotatable bonds is 7. The molecule has 2 rings (SSSR count). The molecule has 112 valence electrons. The van der Waals surface area contributed by atoms with Crippen LogP contribution in [0.5, 0.6) is 0 Å². The molecule has 0 radical (unpaired) electrons. The average molecular weight is 387 g/mol. The first kappa shape index (κ1) is 16.7. The van der Waals surface area contributed by atoms with E-state index in [1.165, 1.54) is 4.88 Å². The Morgan fingerprint density at radius 3 is 2.57 bits per heavy atom. The summed E-state index contributed by atoms with van der Waals surface area (Å²) in [7, 11) is 2.07. The highest BCUT2D eigenvalue weighted by molar-refractivity contribution is 9.10. The minimum Gasteiger partial charge on any atom is -0.301 e. The van der Waals surface area contributed by atoms with Crippen molar-refractivity contribution in [1.82, 2.24) is 4.90 Å². The van der Waals surface area contributed by atoms with Crippen LogP contribution >= 0.6 is 38.9 Å². The summed E-state index contributed by atoms with van der Waals surface area (Å²) in [6.45, 7) is 1.78. The zero-order valence-electron chi connectivity index (χ0n) is 11.8. The van der Waals surface area contributed by atoms with E-state index in [-0.39, 0.29) is 5.78 Å². The molecule has 0 unspecified atom stereocenters. The summed E-state index contributed by atoms with van der Waals surface area (Å²) < 4.78 is 1.82. The summed E-state index contributed by atoms with van der Waals surface area (Å²) in [5.41, 5.74) is 0.783. The number of halogens is 2. The Morgan fingerprint density at radius 1 is 1.24 bits per heavy atom. The van der Waals surface area contributed by atoms with E-state index in [9.17, 15) is 4.79 Å². The number of nitrogens with zero attached hydrogens (tertiary/aromatic N) is 1. The van der Waals surface area contributed by atoms with Gasteiger partial charge in [0, 0.05) is 27.9 Å². The maximum Gasteiger partial charge on any atom is 0.162 e. The molecule has 1 heterocycles. The van der Waals surface area contributed by atoms with Crippen LogP contribution in [0.2, 0.25) is 4.34 Å². The smallest absolute Gasteiger partial charge is 0.162 e. The molecule has 2 aromatic rings. The van der Waals surface area contributed by atoms with Gasteiger partial charge >= 0.3 is 0 Å². The van der Waals surface area contributed by atoms with Crippen LogP contribution < -0.4 is 0 Å². The lowest BCUT2D eigenvalue weighted by atomic mass is 10.1. The van der Waals surface area contributed by atoms with Gasteiger partial charge < -0.3 is 4.90 Å². The number of carbonyl (C=O) groups excluding carboxylic acids is 1. The third-order valence-electron chi connectivity index (χ3n) is 3.16. The molecular weight excluding hydrogens is 370 g/mol. The highest BCUT2D eigenvalue weighted by Gasteiger charge is 2.07.